The predicted molar refractivity (Wildman–Crippen MR) is 104 cm³/mol. The maximum Gasteiger partial charge on any atom is 0.196 e. The van der Waals surface area contributed by atoms with Gasteiger partial charge in [-0.1, -0.05) is 30.3 Å². The molecule has 0 saturated heterocycles. The third-order valence-electron chi connectivity index (χ3n) is 4.77. The zero-order valence-corrected chi connectivity index (χ0v) is 15.0. The summed E-state index contributed by atoms with van der Waals surface area (Å²) in [6.07, 6.45) is 4.98. The summed E-state index contributed by atoms with van der Waals surface area (Å²) in [5.74, 6) is 0.823. The molecule has 0 unspecified atom stereocenters. The minimum atomic E-state index is -0.549. The van der Waals surface area contributed by atoms with Crippen LogP contribution in [0.5, 0.6) is 0 Å². The molecule has 5 rings (SSSR count). The molecule has 6 nitrogen and oxygen atoms in total. The molecule has 0 aliphatic rings. The molecule has 3 aromatic heterocycles. The van der Waals surface area contributed by atoms with Gasteiger partial charge in [-0.05, 0) is 18.2 Å². The number of benzene rings is 2. The van der Waals surface area contributed by atoms with Crippen molar-refractivity contribution < 1.29 is 8.81 Å². The lowest BCUT2D eigenvalue weighted by molar-refractivity contribution is 0.595. The minimum Gasteiger partial charge on any atom is -0.450 e. The molecule has 28 heavy (non-hydrogen) atoms. The number of aryl methyl sites for hydroxylation is 1. The van der Waals surface area contributed by atoms with Gasteiger partial charge in [-0.2, -0.15) is 0 Å². The molecule has 0 radical (unpaired) electrons. The molecule has 7 heteroatoms. The van der Waals surface area contributed by atoms with Crippen LogP contribution >= 0.6 is 0 Å². The fourth-order valence-corrected chi connectivity index (χ4v) is 3.41. The topological polar surface area (TPSA) is 68.8 Å². The maximum atomic E-state index is 14.6. The van der Waals surface area contributed by atoms with Crippen LogP contribution in [-0.2, 0) is 7.05 Å². The number of imidazole rings is 1. The lowest BCUT2D eigenvalue weighted by atomic mass is 10.1. The Bertz CT molecular complexity index is 1290. The Balaban J connectivity index is 1.68. The first kappa shape index (κ1) is 16.4. The molecule has 138 valence electrons. The third-order valence-corrected chi connectivity index (χ3v) is 4.77. The minimum absolute atomic E-state index is 0.321. The number of fused-ring (bicyclic) bond motifs is 3. The summed E-state index contributed by atoms with van der Waals surface area (Å²) in [6, 6.07) is 13.8. The van der Waals surface area contributed by atoms with Gasteiger partial charge in [0.2, 0.25) is 0 Å². The van der Waals surface area contributed by atoms with Crippen molar-refractivity contribution >= 4 is 27.9 Å². The predicted octanol–water partition coefficient (Wildman–Crippen LogP) is 4.45. The number of aromatic nitrogens is 4. The van der Waals surface area contributed by atoms with Gasteiger partial charge < -0.3 is 14.3 Å². The normalized spacial score (nSPS) is 12.5. The van der Waals surface area contributed by atoms with Crippen LogP contribution in [0, 0.1) is 5.82 Å². The number of halogens is 1. The largest absolute Gasteiger partial charge is 0.450 e. The molecule has 2 aromatic carbocycles. The van der Waals surface area contributed by atoms with E-state index >= 15 is 0 Å². The molecule has 1 N–H and O–H groups in total. The van der Waals surface area contributed by atoms with Gasteiger partial charge in [-0.25, -0.2) is 19.3 Å². The van der Waals surface area contributed by atoms with Gasteiger partial charge in [0.05, 0.1) is 0 Å². The smallest absolute Gasteiger partial charge is 0.196 e. The first-order valence-electron chi connectivity index (χ1n) is 8.83. The summed E-state index contributed by atoms with van der Waals surface area (Å²) in [5, 5.41) is 4.22. The second kappa shape index (κ2) is 6.45. The molecule has 1 atom stereocenters. The van der Waals surface area contributed by atoms with E-state index in [1.165, 1.54) is 12.4 Å². The Morgan fingerprint density at radius 2 is 1.86 bits per heavy atom. The first-order chi connectivity index (χ1) is 13.7. The fraction of sp³-hybridized carbons (Fsp3) is 0.0952. The van der Waals surface area contributed by atoms with Crippen molar-refractivity contribution in [3.05, 3.63) is 84.5 Å². The molecule has 0 fully saturated rings. The van der Waals surface area contributed by atoms with Crippen molar-refractivity contribution in [3.8, 4) is 0 Å². The van der Waals surface area contributed by atoms with Crippen LogP contribution in [0.4, 0.5) is 10.2 Å². The lowest BCUT2D eigenvalue weighted by Crippen LogP contribution is -2.18. The number of para-hydroxylation sites is 1. The van der Waals surface area contributed by atoms with Crippen LogP contribution in [0.1, 0.15) is 17.4 Å². The van der Waals surface area contributed by atoms with Crippen LogP contribution in [0.25, 0.3) is 22.1 Å². The number of nitrogens with zero attached hydrogens (tertiary/aromatic N) is 4. The maximum absolute atomic E-state index is 14.6. The molecule has 0 spiro atoms. The number of hydrogen-bond acceptors (Lipinski definition) is 5. The molecule has 0 aliphatic heterocycles. The molecule has 0 amide bonds. The Hall–Kier alpha value is -3.74. The Morgan fingerprint density at radius 1 is 1.04 bits per heavy atom. The van der Waals surface area contributed by atoms with Gasteiger partial charge in [0.1, 0.15) is 35.1 Å². The molecule has 0 saturated carbocycles. The van der Waals surface area contributed by atoms with E-state index in [4.69, 9.17) is 4.42 Å². The number of nitrogens with one attached hydrogen (secondary N) is 1. The van der Waals surface area contributed by atoms with Crippen molar-refractivity contribution in [3.63, 3.8) is 0 Å². The van der Waals surface area contributed by atoms with Gasteiger partial charge in [0.25, 0.3) is 0 Å². The molecular weight excluding hydrogens is 357 g/mol. The summed E-state index contributed by atoms with van der Waals surface area (Å²) < 4.78 is 22.5. The standard InChI is InChI=1S/C21H16FN5O/c1-27-11-10-23-21(27)18(13-6-2-4-8-15(13)22)26-20-19-17(24-12-25-20)14-7-3-5-9-16(14)28-19/h2-12,18H,1H3,(H,24,25,26)/t18-/m1/s1. The Kier molecular flexibility index (Phi) is 3.79. The summed E-state index contributed by atoms with van der Waals surface area (Å²) in [5.41, 5.74) is 2.43. The van der Waals surface area contributed by atoms with Gasteiger partial charge in [0.15, 0.2) is 11.4 Å². The summed E-state index contributed by atoms with van der Waals surface area (Å²) in [4.78, 5) is 13.1. The second-order valence-corrected chi connectivity index (χ2v) is 6.49. The van der Waals surface area contributed by atoms with Crippen molar-refractivity contribution in [2.24, 2.45) is 7.05 Å². The van der Waals surface area contributed by atoms with E-state index in [1.807, 2.05) is 42.1 Å². The van der Waals surface area contributed by atoms with E-state index in [2.05, 4.69) is 20.3 Å². The Labute approximate surface area is 159 Å². The van der Waals surface area contributed by atoms with Crippen LogP contribution in [0.15, 0.2) is 71.7 Å². The quantitative estimate of drug-likeness (QED) is 0.504. The van der Waals surface area contributed by atoms with E-state index in [9.17, 15) is 4.39 Å². The van der Waals surface area contributed by atoms with E-state index in [-0.39, 0.29) is 5.82 Å². The van der Waals surface area contributed by atoms with Crippen LogP contribution in [0.2, 0.25) is 0 Å². The van der Waals surface area contributed by atoms with Crippen LogP contribution in [0.3, 0.4) is 0 Å². The molecule has 0 aliphatic carbocycles. The van der Waals surface area contributed by atoms with Crippen LogP contribution in [-0.4, -0.2) is 19.5 Å². The van der Waals surface area contributed by atoms with Crippen LogP contribution < -0.4 is 5.32 Å². The molecule has 5 aromatic rings. The van der Waals surface area contributed by atoms with E-state index in [1.54, 1.807) is 24.4 Å². The van der Waals surface area contributed by atoms with Crippen molar-refractivity contribution in [1.82, 2.24) is 19.5 Å². The highest BCUT2D eigenvalue weighted by atomic mass is 19.1. The molecular formula is C21H16FN5O. The summed E-state index contributed by atoms with van der Waals surface area (Å²) in [7, 11) is 1.87. The first-order valence-corrected chi connectivity index (χ1v) is 8.83. The number of rotatable bonds is 4. The highest BCUT2D eigenvalue weighted by Gasteiger charge is 2.24. The lowest BCUT2D eigenvalue weighted by Gasteiger charge is -2.20. The van der Waals surface area contributed by atoms with Gasteiger partial charge >= 0.3 is 0 Å². The average Bonchev–Trinajstić information content (AvgIpc) is 3.31. The van der Waals surface area contributed by atoms with E-state index in [0.717, 1.165) is 11.0 Å². The SMILES string of the molecule is Cn1ccnc1[C@H](Nc1ncnc2c1oc1ccccc12)c1ccccc1F. The van der Waals surface area contributed by atoms with Crippen molar-refractivity contribution in [1.29, 1.82) is 0 Å². The monoisotopic (exact) mass is 373 g/mol. The highest BCUT2D eigenvalue weighted by molar-refractivity contribution is 6.05. The van der Waals surface area contributed by atoms with Crippen molar-refractivity contribution in [2.75, 3.05) is 5.32 Å². The van der Waals surface area contributed by atoms with Crippen molar-refractivity contribution in [2.45, 2.75) is 6.04 Å². The third kappa shape index (κ3) is 2.60. The molecule has 0 bridgehead atoms. The van der Waals surface area contributed by atoms with E-state index in [0.29, 0.717) is 28.3 Å². The summed E-state index contributed by atoms with van der Waals surface area (Å²) >= 11 is 0. The number of furan rings is 1. The van der Waals surface area contributed by atoms with Gasteiger partial charge in [0, 0.05) is 30.4 Å². The number of anilines is 1. The highest BCUT2D eigenvalue weighted by Crippen LogP contribution is 2.33. The zero-order chi connectivity index (χ0) is 19.1. The Morgan fingerprint density at radius 3 is 2.68 bits per heavy atom. The molecule has 3 heterocycles. The van der Waals surface area contributed by atoms with E-state index < -0.39 is 6.04 Å². The number of hydrogen-bond donors (Lipinski definition) is 1. The average molecular weight is 373 g/mol. The zero-order valence-electron chi connectivity index (χ0n) is 15.0. The second-order valence-electron chi connectivity index (χ2n) is 6.49. The summed E-state index contributed by atoms with van der Waals surface area (Å²) in [6.45, 7) is 0. The van der Waals surface area contributed by atoms with Gasteiger partial charge in [-0.15, -0.1) is 0 Å². The van der Waals surface area contributed by atoms with Gasteiger partial charge in [-0.3, -0.25) is 0 Å². The fourth-order valence-electron chi connectivity index (χ4n) is 3.41.